The normalized spacial score (nSPS) is 15.0. The highest BCUT2D eigenvalue weighted by atomic mass is 35.5. The molecule has 3 aromatic carbocycles. The molecule has 3 N–H and O–H groups in total. The second-order valence-electron chi connectivity index (χ2n) is 14.5. The molecule has 61 heavy (non-hydrogen) atoms. The molecule has 328 valence electrons. The molecule has 3 amide bonds. The predicted molar refractivity (Wildman–Crippen MR) is 226 cm³/mol. The molecule has 2 fully saturated rings. The van der Waals surface area contributed by atoms with Gasteiger partial charge < -0.3 is 29.7 Å². The number of hydrogen-bond donors (Lipinski definition) is 3. The molecule has 0 bridgehead atoms. The number of halogens is 4. The van der Waals surface area contributed by atoms with E-state index < -0.39 is 28.6 Å². The number of likely N-dealkylation sites (tertiary alicyclic amines) is 1. The van der Waals surface area contributed by atoms with Crippen LogP contribution in [0.1, 0.15) is 69.5 Å². The summed E-state index contributed by atoms with van der Waals surface area (Å²) in [5.41, 5.74) is 12.2. The number of rotatable bonds is 21. The second-order valence-corrected chi connectivity index (χ2v) is 14.9. The van der Waals surface area contributed by atoms with E-state index in [1.807, 2.05) is 12.1 Å². The highest BCUT2D eigenvalue weighted by Gasteiger charge is 2.33. The van der Waals surface area contributed by atoms with Crippen LogP contribution in [0.4, 0.5) is 24.5 Å². The zero-order valence-corrected chi connectivity index (χ0v) is 34.6. The van der Waals surface area contributed by atoms with E-state index in [1.165, 1.54) is 6.07 Å². The number of benzene rings is 3. The van der Waals surface area contributed by atoms with Crippen LogP contribution in [0.15, 0.2) is 70.9 Å². The Kier molecular flexibility index (Phi) is 18.6. The summed E-state index contributed by atoms with van der Waals surface area (Å²) >= 11 is 5.74. The fraction of sp³-hybridized carbons (Fsp3) is 0.476. The minimum Gasteiger partial charge on any atom is -0.379 e. The van der Waals surface area contributed by atoms with E-state index >= 15 is 0 Å². The molecular weight excluding hydrogens is 819 g/mol. The SMILES string of the molecule is [N-]=[N+]=NCCOCCOCCOCCNC(=O)C1CCN(Cc2cccc(C(=O)Nc3ccc(N4CCCCC4)cc3C(=O)N/N=C\c3ccc(Cl)c(C(F)(F)F)c3)c2)CC1. The average Bonchev–Trinajstić information content (AvgIpc) is 3.26. The van der Waals surface area contributed by atoms with Crippen LogP contribution in [0, 0.1) is 5.92 Å². The second kappa shape index (κ2) is 24.3. The maximum Gasteiger partial charge on any atom is 0.417 e. The minimum absolute atomic E-state index is 0.000875. The number of hydrazone groups is 1. The summed E-state index contributed by atoms with van der Waals surface area (Å²) in [6.45, 7) is 6.64. The van der Waals surface area contributed by atoms with Gasteiger partial charge in [0.05, 0.1) is 67.7 Å². The Labute approximate surface area is 357 Å². The smallest absolute Gasteiger partial charge is 0.379 e. The monoisotopic (exact) mass is 869 g/mol. The third-order valence-corrected chi connectivity index (χ3v) is 10.5. The fourth-order valence-corrected chi connectivity index (χ4v) is 7.17. The van der Waals surface area contributed by atoms with Gasteiger partial charge >= 0.3 is 6.18 Å². The summed E-state index contributed by atoms with van der Waals surface area (Å²) in [4.78, 5) is 47.0. The molecule has 3 aromatic rings. The maximum atomic E-state index is 13.6. The van der Waals surface area contributed by atoms with Crippen LogP contribution in [0.3, 0.4) is 0 Å². The Bertz CT molecular complexity index is 2000. The van der Waals surface area contributed by atoms with Gasteiger partial charge in [-0.05, 0) is 104 Å². The average molecular weight is 870 g/mol. The number of piperidine rings is 2. The first-order chi connectivity index (χ1) is 29.5. The van der Waals surface area contributed by atoms with Crippen LogP contribution in [-0.4, -0.2) is 108 Å². The summed E-state index contributed by atoms with van der Waals surface area (Å²) < 4.78 is 56.3. The number of azide groups is 1. The minimum atomic E-state index is -4.66. The Balaban J connectivity index is 1.10. The Hall–Kier alpha value is -5.23. The van der Waals surface area contributed by atoms with Gasteiger partial charge in [-0.2, -0.15) is 18.3 Å². The van der Waals surface area contributed by atoms with Crippen LogP contribution in [-0.2, 0) is 31.7 Å². The van der Waals surface area contributed by atoms with Crippen LogP contribution in [0.25, 0.3) is 10.4 Å². The predicted octanol–water partition coefficient (Wildman–Crippen LogP) is 7.05. The van der Waals surface area contributed by atoms with Crippen molar-refractivity contribution in [3.8, 4) is 0 Å². The lowest BCUT2D eigenvalue weighted by Gasteiger charge is -2.31. The molecule has 0 aliphatic carbocycles. The molecule has 0 atom stereocenters. The summed E-state index contributed by atoms with van der Waals surface area (Å²) in [7, 11) is 0. The molecular formula is C42H51ClF3N9O6. The molecule has 2 aliphatic heterocycles. The van der Waals surface area contributed by atoms with Gasteiger partial charge in [-0.3, -0.25) is 19.3 Å². The Morgan fingerprint density at radius 2 is 1.59 bits per heavy atom. The number of anilines is 2. The van der Waals surface area contributed by atoms with Crippen molar-refractivity contribution in [3.05, 3.63) is 104 Å². The lowest BCUT2D eigenvalue weighted by atomic mass is 9.95. The van der Waals surface area contributed by atoms with Crippen molar-refractivity contribution < 1.29 is 41.8 Å². The highest BCUT2D eigenvalue weighted by molar-refractivity contribution is 6.31. The van der Waals surface area contributed by atoms with Gasteiger partial charge in [-0.15, -0.1) is 0 Å². The summed E-state index contributed by atoms with van der Waals surface area (Å²) in [6.07, 6.45) is 0.950. The van der Waals surface area contributed by atoms with E-state index in [4.69, 9.17) is 31.3 Å². The zero-order chi connectivity index (χ0) is 43.5. The number of nitrogens with zero attached hydrogens (tertiary/aromatic N) is 6. The van der Waals surface area contributed by atoms with Gasteiger partial charge in [0.2, 0.25) is 5.91 Å². The summed E-state index contributed by atoms with van der Waals surface area (Å²) in [6, 6.07) is 15.7. The van der Waals surface area contributed by atoms with Gasteiger partial charge in [-0.25, -0.2) is 5.43 Å². The van der Waals surface area contributed by atoms with Gasteiger partial charge in [0.15, 0.2) is 0 Å². The number of hydrogen-bond acceptors (Lipinski definition) is 10. The van der Waals surface area contributed by atoms with E-state index in [0.29, 0.717) is 84.2 Å². The summed E-state index contributed by atoms with van der Waals surface area (Å²) in [5.74, 6) is -1.19. The van der Waals surface area contributed by atoms with Gasteiger partial charge in [-0.1, -0.05) is 34.9 Å². The fourth-order valence-electron chi connectivity index (χ4n) is 6.94. The lowest BCUT2D eigenvalue weighted by molar-refractivity contribution is -0.137. The number of amides is 3. The molecule has 0 spiro atoms. The van der Waals surface area contributed by atoms with Crippen molar-refractivity contribution in [1.82, 2.24) is 15.6 Å². The number of alkyl halides is 3. The van der Waals surface area contributed by atoms with Crippen molar-refractivity contribution >= 4 is 46.9 Å². The van der Waals surface area contributed by atoms with E-state index in [0.717, 1.165) is 62.0 Å². The van der Waals surface area contributed by atoms with Crippen LogP contribution < -0.4 is 21.0 Å². The zero-order valence-electron chi connectivity index (χ0n) is 33.8. The maximum absolute atomic E-state index is 13.6. The standard InChI is InChI=1S/C42H51ClF3N9O6/c43-37-9-7-30(26-36(37)42(44,45)46)28-50-52-41(58)35-27-34(55-15-2-1-3-16-55)8-10-38(35)51-40(57)33-6-4-5-31(25-33)29-54-17-11-32(12-18-54)39(56)48-13-19-59-21-23-61-24-22-60-20-14-49-53-47/h4-10,25-28,32H,1-3,11-24,29H2,(H,48,56)(H,51,57)(H,52,58)/b50-28-. The lowest BCUT2D eigenvalue weighted by Crippen LogP contribution is -2.41. The first kappa shape index (κ1) is 46.8. The largest absolute Gasteiger partial charge is 0.417 e. The van der Waals surface area contributed by atoms with Crippen molar-refractivity contribution in [2.75, 3.05) is 89.1 Å². The molecule has 2 heterocycles. The van der Waals surface area contributed by atoms with E-state index in [2.05, 4.69) is 41.0 Å². The molecule has 19 heteroatoms. The number of carbonyl (C=O) groups is 3. The van der Waals surface area contributed by atoms with Crippen molar-refractivity contribution in [2.24, 2.45) is 16.1 Å². The highest BCUT2D eigenvalue weighted by Crippen LogP contribution is 2.35. The molecule has 2 aliphatic rings. The van der Waals surface area contributed by atoms with E-state index in [9.17, 15) is 27.6 Å². The third-order valence-electron chi connectivity index (χ3n) is 10.1. The van der Waals surface area contributed by atoms with E-state index in [-0.39, 0.29) is 35.2 Å². The topological polar surface area (TPSA) is 183 Å². The Morgan fingerprint density at radius 1 is 0.869 bits per heavy atom. The molecule has 2 saturated heterocycles. The van der Waals surface area contributed by atoms with Crippen molar-refractivity contribution in [1.29, 1.82) is 0 Å². The van der Waals surface area contributed by atoms with Gasteiger partial charge in [0, 0.05) is 54.8 Å². The molecule has 0 saturated carbocycles. The molecule has 5 rings (SSSR count). The molecule has 0 unspecified atom stereocenters. The van der Waals surface area contributed by atoms with Crippen LogP contribution >= 0.6 is 11.6 Å². The van der Waals surface area contributed by atoms with Crippen LogP contribution in [0.5, 0.6) is 0 Å². The Morgan fingerprint density at radius 3 is 2.31 bits per heavy atom. The number of carbonyl (C=O) groups excluding carboxylic acids is 3. The first-order valence-electron chi connectivity index (χ1n) is 20.3. The third kappa shape index (κ3) is 15.3. The molecule has 15 nitrogen and oxygen atoms in total. The molecule has 0 aromatic heterocycles. The number of ether oxygens (including phenoxy) is 3. The van der Waals surface area contributed by atoms with Gasteiger partial charge in [0.1, 0.15) is 0 Å². The van der Waals surface area contributed by atoms with Crippen LogP contribution in [0.2, 0.25) is 5.02 Å². The number of nitrogens with one attached hydrogen (secondary N) is 3. The molecule has 0 radical (unpaired) electrons. The summed E-state index contributed by atoms with van der Waals surface area (Å²) in [5, 5.41) is 12.7. The van der Waals surface area contributed by atoms with Gasteiger partial charge in [0.25, 0.3) is 11.8 Å². The van der Waals surface area contributed by atoms with E-state index in [1.54, 1.807) is 30.3 Å². The van der Waals surface area contributed by atoms with Crippen molar-refractivity contribution in [3.63, 3.8) is 0 Å². The quantitative estimate of drug-likeness (QED) is 0.0254. The first-order valence-corrected chi connectivity index (χ1v) is 20.6. The van der Waals surface area contributed by atoms with Crippen molar-refractivity contribution in [2.45, 2.75) is 44.8 Å².